The second-order valence-corrected chi connectivity index (χ2v) is 5.12. The molecule has 0 aliphatic carbocycles. The van der Waals surface area contributed by atoms with Crippen LogP contribution in [0.1, 0.15) is 31.4 Å². The number of hydrogen-bond donors (Lipinski definition) is 0. The van der Waals surface area contributed by atoms with Gasteiger partial charge in [-0.15, -0.1) is 0 Å². The third-order valence-corrected chi connectivity index (χ3v) is 3.08. The van der Waals surface area contributed by atoms with Gasteiger partial charge < -0.3 is 0 Å². The lowest BCUT2D eigenvalue weighted by molar-refractivity contribution is -0.139. The summed E-state index contributed by atoms with van der Waals surface area (Å²) in [5, 5.41) is 0. The van der Waals surface area contributed by atoms with Crippen LogP contribution in [0.25, 0.3) is 0 Å². The van der Waals surface area contributed by atoms with Gasteiger partial charge in [0.05, 0.1) is 12.0 Å². The molecule has 0 radical (unpaired) electrons. The van der Waals surface area contributed by atoms with E-state index >= 15 is 0 Å². The maximum absolute atomic E-state index is 12.4. The summed E-state index contributed by atoms with van der Waals surface area (Å²) in [5.74, 6) is 0. The predicted octanol–water partition coefficient (Wildman–Crippen LogP) is 4.87. The van der Waals surface area contributed by atoms with E-state index in [1.807, 2.05) is 0 Å². The summed E-state index contributed by atoms with van der Waals surface area (Å²) in [5.41, 5.74) is -0.212. The molecule has 0 heterocycles. The third-order valence-electron chi connectivity index (χ3n) is 3.08. The van der Waals surface area contributed by atoms with Crippen molar-refractivity contribution in [2.24, 2.45) is 0 Å². The molecule has 0 saturated carbocycles. The predicted molar refractivity (Wildman–Crippen MR) is 67.7 cm³/mol. The third kappa shape index (κ3) is 6.37. The van der Waals surface area contributed by atoms with E-state index in [9.17, 15) is 26.3 Å². The second kappa shape index (κ2) is 6.68. The Kier molecular flexibility index (Phi) is 5.67. The highest BCUT2D eigenvalue weighted by Gasteiger charge is 2.30. The summed E-state index contributed by atoms with van der Waals surface area (Å²) in [7, 11) is 0. The van der Waals surface area contributed by atoms with Crippen LogP contribution in [0.3, 0.4) is 0 Å². The van der Waals surface area contributed by atoms with Crippen LogP contribution >= 0.6 is 0 Å². The number of alkyl halides is 6. The van der Waals surface area contributed by atoms with Crippen molar-refractivity contribution >= 4 is 0 Å². The minimum Gasteiger partial charge on any atom is -0.296 e. The van der Waals surface area contributed by atoms with Gasteiger partial charge in [0, 0.05) is 19.1 Å². The molecule has 0 fully saturated rings. The van der Waals surface area contributed by atoms with Crippen molar-refractivity contribution in [3.8, 4) is 0 Å². The number of halogens is 6. The van der Waals surface area contributed by atoms with Gasteiger partial charge >= 0.3 is 12.4 Å². The van der Waals surface area contributed by atoms with Gasteiger partial charge in [0.15, 0.2) is 0 Å². The lowest BCUT2D eigenvalue weighted by atomic mass is 10.1. The molecule has 0 spiro atoms. The Morgan fingerprint density at radius 1 is 0.952 bits per heavy atom. The van der Waals surface area contributed by atoms with Gasteiger partial charge in [0.25, 0.3) is 0 Å². The largest absolute Gasteiger partial charge is 0.416 e. The van der Waals surface area contributed by atoms with Crippen molar-refractivity contribution < 1.29 is 26.3 Å². The molecule has 1 aromatic rings. The summed E-state index contributed by atoms with van der Waals surface area (Å²) in [4.78, 5) is 1.58. The fourth-order valence-electron chi connectivity index (χ4n) is 1.82. The molecule has 120 valence electrons. The van der Waals surface area contributed by atoms with E-state index < -0.39 is 24.3 Å². The highest BCUT2D eigenvalue weighted by Crippen LogP contribution is 2.29. The van der Waals surface area contributed by atoms with Gasteiger partial charge in [-0.3, -0.25) is 4.90 Å². The summed E-state index contributed by atoms with van der Waals surface area (Å²) in [6.45, 7) is 3.51. The van der Waals surface area contributed by atoms with Gasteiger partial charge in [0.2, 0.25) is 0 Å². The van der Waals surface area contributed by atoms with Crippen molar-refractivity contribution in [2.75, 3.05) is 6.54 Å². The molecule has 0 unspecified atom stereocenters. The summed E-state index contributed by atoms with van der Waals surface area (Å²) in [6, 6.07) is 4.35. The molecule has 7 heteroatoms. The Bertz CT molecular complexity index is 432. The molecule has 0 aromatic heterocycles. The Morgan fingerprint density at radius 3 is 1.86 bits per heavy atom. The summed E-state index contributed by atoms with van der Waals surface area (Å²) < 4.78 is 74.0. The zero-order valence-electron chi connectivity index (χ0n) is 11.7. The molecule has 1 aromatic carbocycles. The Morgan fingerprint density at radius 2 is 1.48 bits per heavy atom. The van der Waals surface area contributed by atoms with Crippen LogP contribution in [0.2, 0.25) is 0 Å². The maximum Gasteiger partial charge on any atom is 0.416 e. The molecule has 0 amide bonds. The van der Waals surface area contributed by atoms with Crippen LogP contribution in [0, 0.1) is 0 Å². The molecule has 0 aliphatic rings. The van der Waals surface area contributed by atoms with Crippen LogP contribution in [0.5, 0.6) is 0 Å². The highest BCUT2D eigenvalue weighted by molar-refractivity contribution is 5.24. The lowest BCUT2D eigenvalue weighted by Gasteiger charge is -2.27. The van der Waals surface area contributed by atoms with Crippen molar-refractivity contribution in [1.82, 2.24) is 4.90 Å². The number of nitrogens with zero attached hydrogens (tertiary/aromatic N) is 1. The number of rotatable bonds is 5. The smallest absolute Gasteiger partial charge is 0.296 e. The quantitative estimate of drug-likeness (QED) is 0.701. The molecular weight excluding hydrogens is 296 g/mol. The van der Waals surface area contributed by atoms with E-state index in [0.717, 1.165) is 12.1 Å². The fraction of sp³-hybridized carbons (Fsp3) is 0.571. The van der Waals surface area contributed by atoms with Crippen LogP contribution in [-0.4, -0.2) is 23.7 Å². The van der Waals surface area contributed by atoms with Gasteiger partial charge in [-0.2, -0.15) is 26.3 Å². The van der Waals surface area contributed by atoms with Gasteiger partial charge in [-0.25, -0.2) is 0 Å². The topological polar surface area (TPSA) is 3.24 Å². The first-order valence-corrected chi connectivity index (χ1v) is 6.46. The summed E-state index contributed by atoms with van der Waals surface area (Å²) >= 11 is 0. The fourth-order valence-corrected chi connectivity index (χ4v) is 1.82. The molecule has 0 bridgehead atoms. The highest BCUT2D eigenvalue weighted by atomic mass is 19.4. The van der Waals surface area contributed by atoms with Crippen molar-refractivity contribution in [1.29, 1.82) is 0 Å². The van der Waals surface area contributed by atoms with Crippen LogP contribution < -0.4 is 0 Å². The van der Waals surface area contributed by atoms with E-state index in [2.05, 4.69) is 0 Å². The lowest BCUT2D eigenvalue weighted by Crippen LogP contribution is -2.33. The average molecular weight is 313 g/mol. The molecule has 0 aliphatic heterocycles. The van der Waals surface area contributed by atoms with Crippen molar-refractivity contribution in [3.63, 3.8) is 0 Å². The molecule has 21 heavy (non-hydrogen) atoms. The second-order valence-electron chi connectivity index (χ2n) is 5.12. The van der Waals surface area contributed by atoms with E-state index in [-0.39, 0.29) is 19.1 Å². The molecule has 0 saturated heterocycles. The zero-order chi connectivity index (χ0) is 16.3. The van der Waals surface area contributed by atoms with Crippen molar-refractivity contribution in [3.05, 3.63) is 35.4 Å². The Balaban J connectivity index is 2.71. The first-order chi connectivity index (χ1) is 9.49. The molecule has 1 rings (SSSR count). The standard InChI is InChI=1S/C14H17F6N/c1-10(2)21(8-7-13(15,16)17)9-11-3-5-12(6-4-11)14(18,19)20/h3-6,10H,7-9H2,1-2H3. The van der Waals surface area contributed by atoms with E-state index in [1.165, 1.54) is 12.1 Å². The molecule has 1 nitrogen and oxygen atoms in total. The van der Waals surface area contributed by atoms with Crippen LogP contribution in [-0.2, 0) is 12.7 Å². The monoisotopic (exact) mass is 313 g/mol. The van der Waals surface area contributed by atoms with E-state index in [1.54, 1.807) is 18.7 Å². The van der Waals surface area contributed by atoms with E-state index in [0.29, 0.717) is 5.56 Å². The Hall–Kier alpha value is -1.24. The van der Waals surface area contributed by atoms with Crippen LogP contribution in [0.4, 0.5) is 26.3 Å². The van der Waals surface area contributed by atoms with Crippen molar-refractivity contribution in [2.45, 2.75) is 45.2 Å². The maximum atomic E-state index is 12.4. The molecular formula is C14H17F6N. The van der Waals surface area contributed by atoms with Crippen LogP contribution in [0.15, 0.2) is 24.3 Å². The first-order valence-electron chi connectivity index (χ1n) is 6.46. The molecule has 0 atom stereocenters. The number of hydrogen-bond acceptors (Lipinski definition) is 1. The minimum absolute atomic E-state index is 0.130. The SMILES string of the molecule is CC(C)N(CCC(F)(F)F)Cc1ccc(C(F)(F)F)cc1. The van der Waals surface area contributed by atoms with Gasteiger partial charge in [-0.1, -0.05) is 12.1 Å². The molecule has 0 N–H and O–H groups in total. The normalized spacial score (nSPS) is 13.2. The van der Waals surface area contributed by atoms with Gasteiger partial charge in [-0.05, 0) is 31.5 Å². The minimum atomic E-state index is -4.41. The number of benzene rings is 1. The average Bonchev–Trinajstić information content (AvgIpc) is 2.32. The Labute approximate surface area is 119 Å². The zero-order valence-corrected chi connectivity index (χ0v) is 11.7. The van der Waals surface area contributed by atoms with E-state index in [4.69, 9.17) is 0 Å². The summed E-state index contributed by atoms with van der Waals surface area (Å²) in [6.07, 6.45) is -9.59. The van der Waals surface area contributed by atoms with Gasteiger partial charge in [0.1, 0.15) is 0 Å². The first kappa shape index (κ1) is 17.8.